The zero-order chi connectivity index (χ0) is 44.4. The first kappa shape index (κ1) is 42.5. The van der Waals surface area contributed by atoms with E-state index < -0.39 is 0 Å². The quantitative estimate of drug-likeness (QED) is 0.108. The first-order valence-corrected chi connectivity index (χ1v) is 23.3. The van der Waals surface area contributed by atoms with Gasteiger partial charge in [0.1, 0.15) is 0 Å². The van der Waals surface area contributed by atoms with Crippen molar-refractivity contribution in [2.45, 2.75) is 78.1 Å². The lowest BCUT2D eigenvalue weighted by Gasteiger charge is -2.30. The molecule has 3 heteroatoms. The van der Waals surface area contributed by atoms with Crippen LogP contribution in [0.25, 0.3) is 49.7 Å². The van der Waals surface area contributed by atoms with Gasteiger partial charge in [-0.05, 0) is 161 Å². The van der Waals surface area contributed by atoms with Gasteiger partial charge in [0.25, 0.3) is 0 Å². The van der Waals surface area contributed by atoms with Gasteiger partial charge in [0, 0.05) is 51.9 Å². The molecule has 0 atom stereocenters. The fraction of sp³-hybridized carbons (Fsp3) is 0.213. The van der Waals surface area contributed by atoms with E-state index in [0.717, 1.165) is 42.7 Å². The molecule has 0 aliphatic carbocycles. The van der Waals surface area contributed by atoms with Crippen LogP contribution in [0.5, 0.6) is 0 Å². The summed E-state index contributed by atoms with van der Waals surface area (Å²) >= 11 is 0. The fourth-order valence-electron chi connectivity index (χ4n) is 9.50. The highest BCUT2D eigenvalue weighted by molar-refractivity contribution is 6.10. The van der Waals surface area contributed by atoms with Crippen molar-refractivity contribution in [1.29, 1.82) is 0 Å². The number of benzene rings is 8. The molecule has 0 spiro atoms. The molecule has 320 valence electrons. The highest BCUT2D eigenvalue weighted by Gasteiger charge is 2.24. The minimum atomic E-state index is 0.154. The number of anilines is 5. The summed E-state index contributed by atoms with van der Waals surface area (Å²) in [6.45, 7) is 13.9. The van der Waals surface area contributed by atoms with Crippen molar-refractivity contribution in [2.24, 2.45) is 0 Å². The van der Waals surface area contributed by atoms with Crippen LogP contribution >= 0.6 is 0 Å². The van der Waals surface area contributed by atoms with Crippen molar-refractivity contribution in [3.8, 4) is 27.9 Å². The summed E-state index contributed by atoms with van der Waals surface area (Å²) in [4.78, 5) is 4.66. The van der Waals surface area contributed by atoms with E-state index in [9.17, 15) is 0 Å². The molecule has 0 unspecified atom stereocenters. The summed E-state index contributed by atoms with van der Waals surface area (Å²) in [5.41, 5.74) is 17.3. The molecule has 0 saturated carbocycles. The maximum Gasteiger partial charge on any atom is 0.0541 e. The summed E-state index contributed by atoms with van der Waals surface area (Å²) in [5, 5.41) is 2.52. The Hall–Kier alpha value is -6.84. The number of para-hydroxylation sites is 2. The van der Waals surface area contributed by atoms with Crippen LogP contribution in [0.2, 0.25) is 0 Å². The second kappa shape index (κ2) is 17.7. The molecule has 8 aromatic carbocycles. The SMILES string of the molecule is CCC(C)(CC)c1ccc(N(C)c2ccc(-c3ccc(N(c4ccc(-c5ccc6c(c5)c5ccccc5n6-c5ccccc5)cc4)c4ccc(C(C)(CC)CC)cc4)cc3)cc2)cc1. The Kier molecular flexibility index (Phi) is 11.8. The third-order valence-electron chi connectivity index (χ3n) is 14.8. The molecule has 1 heterocycles. The first-order valence-electron chi connectivity index (χ1n) is 23.3. The molecule has 0 fully saturated rings. The van der Waals surface area contributed by atoms with Gasteiger partial charge in [-0.1, -0.05) is 145 Å². The molecule has 0 bridgehead atoms. The van der Waals surface area contributed by atoms with Crippen molar-refractivity contribution in [1.82, 2.24) is 4.57 Å². The van der Waals surface area contributed by atoms with Crippen LogP contribution in [0, 0.1) is 0 Å². The molecule has 64 heavy (non-hydrogen) atoms. The summed E-state index contributed by atoms with van der Waals surface area (Å²) in [6, 6.07) is 71.8. The van der Waals surface area contributed by atoms with Crippen molar-refractivity contribution in [3.63, 3.8) is 0 Å². The summed E-state index contributed by atoms with van der Waals surface area (Å²) < 4.78 is 2.37. The van der Waals surface area contributed by atoms with Gasteiger partial charge in [-0.25, -0.2) is 0 Å². The average molecular weight is 836 g/mol. The molecule has 0 aliphatic heterocycles. The molecule has 0 aliphatic rings. The van der Waals surface area contributed by atoms with E-state index in [1.165, 1.54) is 72.2 Å². The summed E-state index contributed by atoms with van der Waals surface area (Å²) in [6.07, 6.45) is 4.49. The van der Waals surface area contributed by atoms with Gasteiger partial charge in [-0.15, -0.1) is 0 Å². The molecule has 9 aromatic rings. The Bertz CT molecular complexity index is 2970. The van der Waals surface area contributed by atoms with Crippen LogP contribution < -0.4 is 9.80 Å². The third-order valence-corrected chi connectivity index (χ3v) is 14.8. The molecule has 0 N–H and O–H groups in total. The molecular weight excluding hydrogens is 775 g/mol. The minimum Gasteiger partial charge on any atom is -0.345 e. The van der Waals surface area contributed by atoms with E-state index in [0.29, 0.717) is 0 Å². The summed E-state index contributed by atoms with van der Waals surface area (Å²) in [5.74, 6) is 0. The fourth-order valence-corrected chi connectivity index (χ4v) is 9.50. The van der Waals surface area contributed by atoms with Gasteiger partial charge >= 0.3 is 0 Å². The van der Waals surface area contributed by atoms with Crippen LogP contribution in [-0.2, 0) is 10.8 Å². The smallest absolute Gasteiger partial charge is 0.0541 e. The van der Waals surface area contributed by atoms with Crippen molar-refractivity contribution in [2.75, 3.05) is 16.8 Å². The minimum absolute atomic E-state index is 0.154. The predicted molar refractivity (Wildman–Crippen MR) is 277 cm³/mol. The molecule has 0 saturated heterocycles. The average Bonchev–Trinajstić information content (AvgIpc) is 3.70. The van der Waals surface area contributed by atoms with Crippen molar-refractivity contribution >= 4 is 50.2 Å². The Labute approximate surface area is 381 Å². The first-order chi connectivity index (χ1) is 31.2. The Morgan fingerprint density at radius 1 is 0.375 bits per heavy atom. The molecular formula is C61H61N3. The van der Waals surface area contributed by atoms with Gasteiger partial charge < -0.3 is 14.4 Å². The van der Waals surface area contributed by atoms with E-state index in [4.69, 9.17) is 0 Å². The standard InChI is InChI=1S/C61H61N3/c1-8-60(5,9-2)48-28-38-51(39-29-48)62(7)50-32-21-44(22-33-50)45-23-34-53(35-24-45)63(55-40-30-49(31-41-55)61(6,10-3)11-4)54-36-25-46(26-37-54)47-27-42-59-57(43-47)56-19-15-16-20-58(56)64(59)52-17-13-12-14-18-52/h12-43H,8-11H2,1-7H3. The van der Waals surface area contributed by atoms with Crippen LogP contribution in [0.3, 0.4) is 0 Å². The topological polar surface area (TPSA) is 11.4 Å². The van der Waals surface area contributed by atoms with E-state index >= 15 is 0 Å². The second-order valence-corrected chi connectivity index (χ2v) is 18.1. The second-order valence-electron chi connectivity index (χ2n) is 18.1. The monoisotopic (exact) mass is 835 g/mol. The van der Waals surface area contributed by atoms with Gasteiger partial charge in [0.2, 0.25) is 0 Å². The zero-order valence-corrected chi connectivity index (χ0v) is 38.6. The number of hydrogen-bond acceptors (Lipinski definition) is 2. The highest BCUT2D eigenvalue weighted by atomic mass is 15.1. The largest absolute Gasteiger partial charge is 0.345 e. The Balaban J connectivity index is 1.02. The molecule has 3 nitrogen and oxygen atoms in total. The normalized spacial score (nSPS) is 11.9. The molecule has 1 aromatic heterocycles. The molecule has 0 radical (unpaired) electrons. The Morgan fingerprint density at radius 2 is 0.750 bits per heavy atom. The number of hydrogen-bond donors (Lipinski definition) is 0. The Morgan fingerprint density at radius 3 is 1.23 bits per heavy atom. The van der Waals surface area contributed by atoms with E-state index in [1.54, 1.807) is 0 Å². The maximum absolute atomic E-state index is 2.39. The highest BCUT2D eigenvalue weighted by Crippen LogP contribution is 2.41. The lowest BCUT2D eigenvalue weighted by molar-refractivity contribution is 0.439. The number of nitrogens with zero attached hydrogens (tertiary/aromatic N) is 3. The third kappa shape index (κ3) is 7.89. The predicted octanol–water partition coefficient (Wildman–Crippen LogP) is 17.5. The van der Waals surface area contributed by atoms with Crippen molar-refractivity contribution in [3.05, 3.63) is 205 Å². The molecule has 9 rings (SSSR count). The van der Waals surface area contributed by atoms with Crippen LogP contribution in [0.4, 0.5) is 28.4 Å². The van der Waals surface area contributed by atoms with E-state index in [-0.39, 0.29) is 10.8 Å². The van der Waals surface area contributed by atoms with Gasteiger partial charge in [-0.2, -0.15) is 0 Å². The maximum atomic E-state index is 2.39. The summed E-state index contributed by atoms with van der Waals surface area (Å²) in [7, 11) is 2.15. The number of aromatic nitrogens is 1. The van der Waals surface area contributed by atoms with Crippen LogP contribution in [0.1, 0.15) is 78.4 Å². The van der Waals surface area contributed by atoms with Gasteiger partial charge in [0.05, 0.1) is 11.0 Å². The van der Waals surface area contributed by atoms with Crippen LogP contribution in [-0.4, -0.2) is 11.6 Å². The van der Waals surface area contributed by atoms with Gasteiger partial charge in [0.15, 0.2) is 0 Å². The van der Waals surface area contributed by atoms with Crippen LogP contribution in [0.15, 0.2) is 194 Å². The zero-order valence-electron chi connectivity index (χ0n) is 38.6. The van der Waals surface area contributed by atoms with Gasteiger partial charge in [-0.3, -0.25) is 0 Å². The van der Waals surface area contributed by atoms with E-state index in [1.807, 2.05) is 0 Å². The molecule has 0 amide bonds. The number of rotatable bonds is 14. The van der Waals surface area contributed by atoms with E-state index in [2.05, 4.69) is 257 Å². The number of fused-ring (bicyclic) bond motifs is 3. The lowest BCUT2D eigenvalue weighted by Crippen LogP contribution is -2.19. The lowest BCUT2D eigenvalue weighted by atomic mass is 9.78. The van der Waals surface area contributed by atoms with Crippen molar-refractivity contribution < 1.29 is 0 Å².